The summed E-state index contributed by atoms with van der Waals surface area (Å²) in [5.41, 5.74) is 6.69. The van der Waals surface area contributed by atoms with Gasteiger partial charge in [-0.2, -0.15) is 0 Å². The number of imidazole rings is 1. The van der Waals surface area contributed by atoms with E-state index in [0.29, 0.717) is 0 Å². The van der Waals surface area contributed by atoms with E-state index < -0.39 is 0 Å². The fourth-order valence-electron chi connectivity index (χ4n) is 3.12. The highest BCUT2D eigenvalue weighted by molar-refractivity contribution is 6.02. The molecule has 4 nitrogen and oxygen atoms in total. The smallest absolute Gasteiger partial charge is 0.248 e. The van der Waals surface area contributed by atoms with Gasteiger partial charge in [-0.3, -0.25) is 4.79 Å². The number of nitrogens with one attached hydrogen (secondary N) is 1. The molecule has 0 aliphatic rings. The molecule has 28 heavy (non-hydrogen) atoms. The molecule has 0 spiro atoms. The molecule has 0 saturated heterocycles. The topological polar surface area (TPSA) is 46.4 Å². The molecule has 2 heterocycles. The summed E-state index contributed by atoms with van der Waals surface area (Å²) in [6.07, 6.45) is 7.35. The lowest BCUT2D eigenvalue weighted by molar-refractivity contribution is -0.111. The lowest BCUT2D eigenvalue weighted by Crippen LogP contribution is -2.09. The van der Waals surface area contributed by atoms with Crippen molar-refractivity contribution < 1.29 is 4.79 Å². The average Bonchev–Trinajstić information content (AvgIpc) is 3.15. The van der Waals surface area contributed by atoms with Crippen LogP contribution in [0, 0.1) is 13.8 Å². The summed E-state index contributed by atoms with van der Waals surface area (Å²) in [6, 6.07) is 19.8. The predicted octanol–water partition coefficient (Wildman–Crippen LogP) is 5.27. The fourth-order valence-corrected chi connectivity index (χ4v) is 3.12. The van der Waals surface area contributed by atoms with Crippen LogP contribution in [0.3, 0.4) is 0 Å². The van der Waals surface area contributed by atoms with E-state index >= 15 is 0 Å². The monoisotopic (exact) mass is 367 g/mol. The van der Waals surface area contributed by atoms with Crippen LogP contribution in [0.15, 0.2) is 79.1 Å². The summed E-state index contributed by atoms with van der Waals surface area (Å²) < 4.78 is 2.02. The normalized spacial score (nSPS) is 11.2. The summed E-state index contributed by atoms with van der Waals surface area (Å²) in [5, 5.41) is 2.98. The number of amides is 1. The first-order valence-electron chi connectivity index (χ1n) is 9.19. The van der Waals surface area contributed by atoms with Crippen molar-refractivity contribution in [1.82, 2.24) is 9.38 Å². The molecule has 0 saturated carbocycles. The van der Waals surface area contributed by atoms with Crippen LogP contribution in [0.1, 0.15) is 16.7 Å². The molecule has 4 rings (SSSR count). The van der Waals surface area contributed by atoms with Gasteiger partial charge in [0.05, 0.1) is 5.69 Å². The van der Waals surface area contributed by atoms with Gasteiger partial charge < -0.3 is 9.72 Å². The summed E-state index contributed by atoms with van der Waals surface area (Å²) in [7, 11) is 0. The van der Waals surface area contributed by atoms with Gasteiger partial charge in [0.1, 0.15) is 5.65 Å². The molecule has 2 aromatic heterocycles. The Labute approximate surface area is 164 Å². The van der Waals surface area contributed by atoms with Crippen LogP contribution in [0.4, 0.5) is 5.69 Å². The van der Waals surface area contributed by atoms with Crippen molar-refractivity contribution in [2.75, 3.05) is 5.32 Å². The standard InChI is InChI=1S/C24H21N3O/c1-17-10-12-20(22-16-27-14-6-7-18(2)24(27)26-22)15-21(17)25-23(28)13-11-19-8-4-3-5-9-19/h3-16H,1-2H3,(H,25,28)/b13-11+. The lowest BCUT2D eigenvalue weighted by atomic mass is 10.1. The number of carbonyl (C=O) groups is 1. The van der Waals surface area contributed by atoms with E-state index in [0.717, 1.165) is 39.3 Å². The van der Waals surface area contributed by atoms with E-state index in [9.17, 15) is 4.79 Å². The van der Waals surface area contributed by atoms with E-state index in [1.165, 1.54) is 0 Å². The van der Waals surface area contributed by atoms with Crippen molar-refractivity contribution in [3.8, 4) is 11.3 Å². The van der Waals surface area contributed by atoms with Gasteiger partial charge in [-0.1, -0.05) is 48.5 Å². The number of nitrogens with zero attached hydrogens (tertiary/aromatic N) is 2. The highest BCUT2D eigenvalue weighted by atomic mass is 16.1. The Kier molecular flexibility index (Phi) is 4.77. The predicted molar refractivity (Wildman–Crippen MR) is 114 cm³/mol. The second-order valence-corrected chi connectivity index (χ2v) is 6.81. The third-order valence-corrected chi connectivity index (χ3v) is 4.70. The van der Waals surface area contributed by atoms with Gasteiger partial charge in [-0.05, 0) is 48.7 Å². The van der Waals surface area contributed by atoms with Crippen LogP contribution in [-0.2, 0) is 4.79 Å². The first-order chi connectivity index (χ1) is 13.6. The number of aryl methyl sites for hydroxylation is 2. The molecule has 0 atom stereocenters. The highest BCUT2D eigenvalue weighted by Gasteiger charge is 2.09. The molecule has 138 valence electrons. The maximum absolute atomic E-state index is 12.4. The highest BCUT2D eigenvalue weighted by Crippen LogP contribution is 2.26. The van der Waals surface area contributed by atoms with Gasteiger partial charge in [0.2, 0.25) is 5.91 Å². The van der Waals surface area contributed by atoms with E-state index in [2.05, 4.69) is 5.32 Å². The minimum absolute atomic E-state index is 0.157. The van der Waals surface area contributed by atoms with Crippen LogP contribution < -0.4 is 5.32 Å². The van der Waals surface area contributed by atoms with Crippen LogP contribution in [0.25, 0.3) is 23.0 Å². The van der Waals surface area contributed by atoms with Crippen molar-refractivity contribution in [2.45, 2.75) is 13.8 Å². The molecular weight excluding hydrogens is 346 g/mol. The zero-order valence-corrected chi connectivity index (χ0v) is 15.9. The van der Waals surface area contributed by atoms with Crippen LogP contribution in [-0.4, -0.2) is 15.3 Å². The van der Waals surface area contributed by atoms with E-state index in [1.807, 2.05) is 91.3 Å². The third kappa shape index (κ3) is 3.71. The number of pyridine rings is 1. The summed E-state index contributed by atoms with van der Waals surface area (Å²) in [5.74, 6) is -0.157. The second-order valence-electron chi connectivity index (χ2n) is 6.81. The molecule has 4 aromatic rings. The minimum Gasteiger partial charge on any atom is -0.322 e. The van der Waals surface area contributed by atoms with Crippen LogP contribution >= 0.6 is 0 Å². The van der Waals surface area contributed by atoms with E-state index in [4.69, 9.17) is 4.98 Å². The molecular formula is C24H21N3O. The number of fused-ring (bicyclic) bond motifs is 1. The first kappa shape index (κ1) is 17.7. The Morgan fingerprint density at radius 3 is 2.61 bits per heavy atom. The van der Waals surface area contributed by atoms with Gasteiger partial charge in [-0.25, -0.2) is 4.98 Å². The van der Waals surface area contributed by atoms with Gasteiger partial charge in [-0.15, -0.1) is 0 Å². The molecule has 0 unspecified atom stereocenters. The van der Waals surface area contributed by atoms with Gasteiger partial charge in [0.25, 0.3) is 0 Å². The number of rotatable bonds is 4. The molecule has 0 bridgehead atoms. The maximum atomic E-state index is 12.4. The molecule has 0 fully saturated rings. The Hall–Kier alpha value is -3.66. The molecule has 0 radical (unpaired) electrons. The van der Waals surface area contributed by atoms with Gasteiger partial charge >= 0.3 is 0 Å². The Morgan fingerprint density at radius 1 is 1.00 bits per heavy atom. The summed E-state index contributed by atoms with van der Waals surface area (Å²) >= 11 is 0. The van der Waals surface area contributed by atoms with Crippen LogP contribution in [0.5, 0.6) is 0 Å². The maximum Gasteiger partial charge on any atom is 0.248 e. The largest absolute Gasteiger partial charge is 0.322 e. The van der Waals surface area contributed by atoms with Crippen LogP contribution in [0.2, 0.25) is 0 Å². The number of benzene rings is 2. The minimum atomic E-state index is -0.157. The molecule has 1 N–H and O–H groups in total. The Balaban J connectivity index is 1.59. The molecule has 4 heteroatoms. The average molecular weight is 367 g/mol. The lowest BCUT2D eigenvalue weighted by Gasteiger charge is -2.08. The quantitative estimate of drug-likeness (QED) is 0.500. The molecule has 1 amide bonds. The summed E-state index contributed by atoms with van der Waals surface area (Å²) in [6.45, 7) is 4.03. The number of hydrogen-bond donors (Lipinski definition) is 1. The number of hydrogen-bond acceptors (Lipinski definition) is 2. The van der Waals surface area contributed by atoms with Crippen molar-refractivity contribution in [1.29, 1.82) is 0 Å². The zero-order valence-electron chi connectivity index (χ0n) is 15.9. The zero-order chi connectivity index (χ0) is 19.5. The summed E-state index contributed by atoms with van der Waals surface area (Å²) in [4.78, 5) is 17.1. The number of aromatic nitrogens is 2. The third-order valence-electron chi connectivity index (χ3n) is 4.70. The Morgan fingerprint density at radius 2 is 1.82 bits per heavy atom. The number of carbonyl (C=O) groups excluding carboxylic acids is 1. The van der Waals surface area contributed by atoms with E-state index in [1.54, 1.807) is 12.2 Å². The van der Waals surface area contributed by atoms with Gasteiger partial charge in [0, 0.05) is 29.7 Å². The van der Waals surface area contributed by atoms with Gasteiger partial charge in [0.15, 0.2) is 0 Å². The molecule has 0 aliphatic carbocycles. The Bertz CT molecular complexity index is 1170. The molecule has 2 aromatic carbocycles. The van der Waals surface area contributed by atoms with Crippen molar-refractivity contribution >= 4 is 23.3 Å². The fraction of sp³-hybridized carbons (Fsp3) is 0.0833. The van der Waals surface area contributed by atoms with Crippen molar-refractivity contribution in [3.63, 3.8) is 0 Å². The second kappa shape index (κ2) is 7.53. The van der Waals surface area contributed by atoms with Crippen molar-refractivity contribution in [2.24, 2.45) is 0 Å². The SMILES string of the molecule is Cc1ccc(-c2cn3cccc(C)c3n2)cc1NC(=O)/C=C/c1ccccc1. The van der Waals surface area contributed by atoms with E-state index in [-0.39, 0.29) is 5.91 Å². The molecule has 0 aliphatic heterocycles. The van der Waals surface area contributed by atoms with Crippen molar-refractivity contribution in [3.05, 3.63) is 95.8 Å². The number of anilines is 1. The first-order valence-corrected chi connectivity index (χ1v) is 9.19.